The van der Waals surface area contributed by atoms with Crippen molar-refractivity contribution in [2.45, 2.75) is 19.3 Å². The van der Waals surface area contributed by atoms with Crippen LogP contribution in [0.1, 0.15) is 25.0 Å². The van der Waals surface area contributed by atoms with Gasteiger partial charge in [0.1, 0.15) is 0 Å². The zero-order valence-corrected chi connectivity index (χ0v) is 31.6. The van der Waals surface area contributed by atoms with Crippen molar-refractivity contribution in [3.63, 3.8) is 0 Å². The Morgan fingerprint density at radius 1 is 0.400 bits per heavy atom. The van der Waals surface area contributed by atoms with Crippen LogP contribution in [0, 0.1) is 0 Å². The van der Waals surface area contributed by atoms with Crippen molar-refractivity contribution < 1.29 is 0 Å². The van der Waals surface area contributed by atoms with Crippen LogP contribution in [0.15, 0.2) is 188 Å². The lowest BCUT2D eigenvalue weighted by atomic mass is 9.82. The van der Waals surface area contributed by atoms with Gasteiger partial charge in [-0.15, -0.1) is 11.3 Å². The van der Waals surface area contributed by atoms with Crippen LogP contribution < -0.4 is 4.90 Å². The number of hydrogen-bond donors (Lipinski definition) is 0. The fourth-order valence-electron chi connectivity index (χ4n) is 9.15. The summed E-state index contributed by atoms with van der Waals surface area (Å²) in [5, 5.41) is 7.89. The van der Waals surface area contributed by atoms with Crippen LogP contribution in [0.5, 0.6) is 0 Å². The van der Waals surface area contributed by atoms with Gasteiger partial charge in [0.05, 0.1) is 5.69 Å². The molecule has 1 aliphatic carbocycles. The minimum atomic E-state index is -0.100. The van der Waals surface area contributed by atoms with E-state index in [4.69, 9.17) is 0 Å². The molecule has 2 heteroatoms. The van der Waals surface area contributed by atoms with E-state index in [0.29, 0.717) is 0 Å². The molecule has 0 aliphatic heterocycles. The van der Waals surface area contributed by atoms with Crippen molar-refractivity contribution in [2.24, 2.45) is 0 Å². The van der Waals surface area contributed by atoms with Crippen LogP contribution in [-0.4, -0.2) is 0 Å². The molecule has 0 atom stereocenters. The molecule has 0 bridgehead atoms. The van der Waals surface area contributed by atoms with Crippen LogP contribution in [-0.2, 0) is 5.41 Å². The van der Waals surface area contributed by atoms with E-state index in [-0.39, 0.29) is 5.41 Å². The third-order valence-corrected chi connectivity index (χ3v) is 13.1. The second-order valence-corrected chi connectivity index (χ2v) is 16.3. The van der Waals surface area contributed by atoms with Crippen molar-refractivity contribution in [3.8, 4) is 33.4 Å². The molecule has 55 heavy (non-hydrogen) atoms. The Kier molecular flexibility index (Phi) is 7.14. The van der Waals surface area contributed by atoms with Gasteiger partial charge in [0.15, 0.2) is 0 Å². The number of thiophene rings is 1. The summed E-state index contributed by atoms with van der Waals surface area (Å²) in [6, 6.07) is 69.4. The highest BCUT2D eigenvalue weighted by Gasteiger charge is 2.36. The summed E-state index contributed by atoms with van der Waals surface area (Å²) in [6.45, 7) is 4.72. The Morgan fingerprint density at radius 3 is 1.89 bits per heavy atom. The van der Waals surface area contributed by atoms with Crippen LogP contribution >= 0.6 is 11.3 Å². The summed E-state index contributed by atoms with van der Waals surface area (Å²) in [5.41, 5.74) is 13.6. The molecule has 0 radical (unpaired) electrons. The molecule has 0 fully saturated rings. The molecule has 0 N–H and O–H groups in total. The van der Waals surface area contributed by atoms with Crippen molar-refractivity contribution >= 4 is 70.1 Å². The van der Waals surface area contributed by atoms with Crippen LogP contribution in [0.4, 0.5) is 17.1 Å². The predicted molar refractivity (Wildman–Crippen MR) is 237 cm³/mol. The lowest BCUT2D eigenvalue weighted by molar-refractivity contribution is 0.660. The number of anilines is 3. The molecule has 1 nitrogen and oxygen atoms in total. The predicted octanol–water partition coefficient (Wildman–Crippen LogP) is 15.5. The maximum Gasteiger partial charge on any atom is 0.0540 e. The minimum absolute atomic E-state index is 0.100. The van der Waals surface area contributed by atoms with Crippen molar-refractivity contribution in [1.82, 2.24) is 0 Å². The summed E-state index contributed by atoms with van der Waals surface area (Å²) in [6.07, 6.45) is 0. The highest BCUT2D eigenvalue weighted by molar-refractivity contribution is 7.27. The third-order valence-electron chi connectivity index (χ3n) is 11.9. The molecule has 1 heterocycles. The Hall–Kier alpha value is -6.48. The van der Waals surface area contributed by atoms with Gasteiger partial charge in [-0.05, 0) is 85.4 Å². The van der Waals surface area contributed by atoms with Gasteiger partial charge < -0.3 is 4.90 Å². The summed E-state index contributed by atoms with van der Waals surface area (Å²) >= 11 is 1.93. The third kappa shape index (κ3) is 4.92. The molecular formula is C53H37NS. The van der Waals surface area contributed by atoms with Crippen molar-refractivity contribution in [2.75, 3.05) is 4.90 Å². The monoisotopic (exact) mass is 719 g/mol. The molecule has 0 saturated carbocycles. The Morgan fingerprint density at radius 2 is 1.02 bits per heavy atom. The summed E-state index contributed by atoms with van der Waals surface area (Å²) < 4.78 is 2.69. The number of benzene rings is 9. The zero-order chi connectivity index (χ0) is 36.7. The second kappa shape index (κ2) is 12.3. The average molecular weight is 720 g/mol. The van der Waals surface area contributed by atoms with Gasteiger partial charge in [-0.25, -0.2) is 0 Å². The van der Waals surface area contributed by atoms with E-state index in [1.807, 2.05) is 11.3 Å². The first kappa shape index (κ1) is 32.0. The van der Waals surface area contributed by atoms with Gasteiger partial charge in [-0.3, -0.25) is 0 Å². The van der Waals surface area contributed by atoms with E-state index >= 15 is 0 Å². The molecule has 0 unspecified atom stereocenters. The number of hydrogen-bond acceptors (Lipinski definition) is 2. The molecule has 11 rings (SSSR count). The summed E-state index contributed by atoms with van der Waals surface area (Å²) in [5.74, 6) is 0. The van der Waals surface area contributed by atoms with E-state index in [2.05, 4.69) is 207 Å². The number of fused-ring (bicyclic) bond motifs is 10. The van der Waals surface area contributed by atoms with Crippen LogP contribution in [0.25, 0.3) is 75.1 Å². The number of nitrogens with zero attached hydrogens (tertiary/aromatic N) is 1. The molecule has 9 aromatic carbocycles. The van der Waals surface area contributed by atoms with E-state index in [9.17, 15) is 0 Å². The maximum atomic E-state index is 2.45. The largest absolute Gasteiger partial charge is 0.310 e. The van der Waals surface area contributed by atoms with E-state index < -0.39 is 0 Å². The van der Waals surface area contributed by atoms with E-state index in [0.717, 1.165) is 17.1 Å². The quantitative estimate of drug-likeness (QED) is 0.160. The lowest BCUT2D eigenvalue weighted by Gasteiger charge is -2.30. The highest BCUT2D eigenvalue weighted by atomic mass is 32.1. The van der Waals surface area contributed by atoms with Crippen LogP contribution in [0.2, 0.25) is 0 Å². The normalized spacial score (nSPS) is 13.1. The summed E-state index contributed by atoms with van der Waals surface area (Å²) in [4.78, 5) is 2.45. The van der Waals surface area contributed by atoms with Gasteiger partial charge in [0.25, 0.3) is 0 Å². The SMILES string of the molecule is CC1(C)c2ccccc2-c2ccc(N(c3ccc(-c4cccc5c4sc4c5ccc5ccc6ccccc6c54)cc3)c3ccccc3-c3ccccc3)cc21. The molecule has 1 aliphatic rings. The van der Waals surface area contributed by atoms with Crippen molar-refractivity contribution in [3.05, 3.63) is 199 Å². The molecule has 0 saturated heterocycles. The fourth-order valence-corrected chi connectivity index (χ4v) is 10.6. The van der Waals surface area contributed by atoms with Gasteiger partial charge in [-0.1, -0.05) is 172 Å². The number of para-hydroxylation sites is 1. The lowest BCUT2D eigenvalue weighted by Crippen LogP contribution is -2.16. The minimum Gasteiger partial charge on any atom is -0.310 e. The van der Waals surface area contributed by atoms with Crippen LogP contribution in [0.3, 0.4) is 0 Å². The molecule has 0 spiro atoms. The fraction of sp³-hybridized carbons (Fsp3) is 0.0566. The first-order valence-electron chi connectivity index (χ1n) is 19.1. The van der Waals surface area contributed by atoms with Gasteiger partial charge in [-0.2, -0.15) is 0 Å². The van der Waals surface area contributed by atoms with Gasteiger partial charge in [0.2, 0.25) is 0 Å². The van der Waals surface area contributed by atoms with E-state index in [1.54, 1.807) is 0 Å². The van der Waals surface area contributed by atoms with E-state index in [1.165, 1.54) is 86.2 Å². The van der Waals surface area contributed by atoms with Crippen molar-refractivity contribution in [1.29, 1.82) is 0 Å². The molecule has 10 aromatic rings. The van der Waals surface area contributed by atoms with Gasteiger partial charge in [0, 0.05) is 47.9 Å². The molecular weight excluding hydrogens is 683 g/mol. The smallest absolute Gasteiger partial charge is 0.0540 e. The molecule has 260 valence electrons. The Labute approximate surface area is 325 Å². The summed E-state index contributed by atoms with van der Waals surface area (Å²) in [7, 11) is 0. The standard InChI is InChI=1S/C53H37NS/c1-53(2)47-21-10-8-18-43(47)44-32-30-39(33-48(44)53)54(49-22-11-9-16-40(49)34-13-4-3-5-14-34)38-28-25-36(26-29-38)42-19-12-20-45-46-31-27-37-24-23-35-15-6-7-17-41(35)50(37)52(46)55-51(42)45/h3-33H,1-2H3. The highest BCUT2D eigenvalue weighted by Crippen LogP contribution is 2.51. The van der Waals surface area contributed by atoms with Gasteiger partial charge >= 0.3 is 0 Å². The zero-order valence-electron chi connectivity index (χ0n) is 30.8. The first-order valence-corrected chi connectivity index (χ1v) is 19.9. The molecule has 1 aromatic heterocycles. The molecule has 0 amide bonds. The Balaban J connectivity index is 1.08. The first-order chi connectivity index (χ1) is 27.0. The Bertz CT molecular complexity index is 3110. The average Bonchev–Trinajstić information content (AvgIpc) is 3.74. The second-order valence-electron chi connectivity index (χ2n) is 15.3. The topological polar surface area (TPSA) is 3.24 Å². The maximum absolute atomic E-state index is 2.45. The number of rotatable bonds is 5.